The maximum absolute atomic E-state index is 3.62. The standard InChI is InChI=1S/C15H32N2/c1-6-17(11-13(4)5)15-8-7-14(15)10-16-9-12(2)3/h12-16H,6-11H2,1-5H3. The van der Waals surface area contributed by atoms with E-state index in [1.807, 2.05) is 0 Å². The fourth-order valence-electron chi connectivity index (χ4n) is 2.80. The minimum absolute atomic E-state index is 0.770. The number of nitrogens with one attached hydrogen (secondary N) is 1. The largest absolute Gasteiger partial charge is 0.316 e. The van der Waals surface area contributed by atoms with Gasteiger partial charge in [-0.2, -0.15) is 0 Å². The molecular weight excluding hydrogens is 208 g/mol. The summed E-state index contributed by atoms with van der Waals surface area (Å²) >= 11 is 0. The highest BCUT2D eigenvalue weighted by molar-refractivity contribution is 4.90. The van der Waals surface area contributed by atoms with E-state index in [-0.39, 0.29) is 0 Å². The Morgan fingerprint density at radius 2 is 1.82 bits per heavy atom. The van der Waals surface area contributed by atoms with Crippen molar-refractivity contribution in [3.63, 3.8) is 0 Å². The number of hydrogen-bond donors (Lipinski definition) is 1. The monoisotopic (exact) mass is 240 g/mol. The van der Waals surface area contributed by atoms with Crippen LogP contribution in [0.3, 0.4) is 0 Å². The quantitative estimate of drug-likeness (QED) is 0.701. The fraction of sp³-hybridized carbons (Fsp3) is 1.00. The van der Waals surface area contributed by atoms with Crippen molar-refractivity contribution in [1.82, 2.24) is 10.2 Å². The van der Waals surface area contributed by atoms with E-state index >= 15 is 0 Å². The summed E-state index contributed by atoms with van der Waals surface area (Å²) in [6.07, 6.45) is 2.83. The van der Waals surface area contributed by atoms with Crippen LogP contribution < -0.4 is 5.32 Å². The Bertz CT molecular complexity index is 201. The molecule has 0 spiro atoms. The first-order chi connectivity index (χ1) is 8.04. The Balaban J connectivity index is 2.28. The fourth-order valence-corrected chi connectivity index (χ4v) is 2.80. The molecule has 17 heavy (non-hydrogen) atoms. The van der Waals surface area contributed by atoms with E-state index in [0.29, 0.717) is 0 Å². The van der Waals surface area contributed by atoms with E-state index in [4.69, 9.17) is 0 Å². The molecule has 2 nitrogen and oxygen atoms in total. The molecule has 0 amide bonds. The first kappa shape index (κ1) is 15.0. The molecule has 0 saturated heterocycles. The van der Waals surface area contributed by atoms with Gasteiger partial charge in [-0.1, -0.05) is 34.6 Å². The molecule has 1 rings (SSSR count). The molecule has 0 aromatic heterocycles. The topological polar surface area (TPSA) is 15.3 Å². The van der Waals surface area contributed by atoms with Crippen molar-refractivity contribution >= 4 is 0 Å². The third-order valence-electron chi connectivity index (χ3n) is 3.81. The second kappa shape index (κ2) is 7.38. The van der Waals surface area contributed by atoms with E-state index < -0.39 is 0 Å². The molecule has 1 aliphatic rings. The molecule has 1 saturated carbocycles. The third-order valence-corrected chi connectivity index (χ3v) is 3.81. The summed E-state index contributed by atoms with van der Waals surface area (Å²) in [6, 6.07) is 0.849. The molecule has 1 N–H and O–H groups in total. The van der Waals surface area contributed by atoms with Crippen LogP contribution in [0.2, 0.25) is 0 Å². The van der Waals surface area contributed by atoms with E-state index in [1.165, 1.54) is 39.0 Å². The lowest BCUT2D eigenvalue weighted by molar-refractivity contribution is 0.0566. The van der Waals surface area contributed by atoms with E-state index in [2.05, 4.69) is 44.8 Å². The van der Waals surface area contributed by atoms with Crippen LogP contribution in [0, 0.1) is 17.8 Å². The number of rotatable bonds is 8. The second-order valence-electron chi connectivity index (χ2n) is 6.44. The lowest BCUT2D eigenvalue weighted by atomic mass is 9.78. The molecule has 2 heteroatoms. The zero-order chi connectivity index (χ0) is 12.8. The highest BCUT2D eigenvalue weighted by Crippen LogP contribution is 2.32. The highest BCUT2D eigenvalue weighted by Gasteiger charge is 2.34. The van der Waals surface area contributed by atoms with Crippen molar-refractivity contribution in [2.75, 3.05) is 26.2 Å². The predicted molar refractivity (Wildman–Crippen MR) is 76.3 cm³/mol. The zero-order valence-electron chi connectivity index (χ0n) is 12.5. The van der Waals surface area contributed by atoms with Crippen LogP contribution in [-0.2, 0) is 0 Å². The van der Waals surface area contributed by atoms with Gasteiger partial charge >= 0.3 is 0 Å². The second-order valence-corrected chi connectivity index (χ2v) is 6.44. The van der Waals surface area contributed by atoms with E-state index in [9.17, 15) is 0 Å². The van der Waals surface area contributed by atoms with Crippen LogP contribution in [0.1, 0.15) is 47.5 Å². The Morgan fingerprint density at radius 1 is 1.12 bits per heavy atom. The maximum atomic E-state index is 3.62. The van der Waals surface area contributed by atoms with Gasteiger partial charge < -0.3 is 10.2 Å². The van der Waals surface area contributed by atoms with Crippen LogP contribution in [-0.4, -0.2) is 37.1 Å². The maximum Gasteiger partial charge on any atom is 0.0136 e. The molecule has 0 aromatic rings. The molecule has 1 fully saturated rings. The van der Waals surface area contributed by atoms with E-state index in [1.54, 1.807) is 0 Å². The number of hydrogen-bond acceptors (Lipinski definition) is 2. The first-order valence-corrected chi connectivity index (χ1v) is 7.49. The molecule has 2 atom stereocenters. The minimum atomic E-state index is 0.770. The summed E-state index contributed by atoms with van der Waals surface area (Å²) in [5.74, 6) is 2.46. The van der Waals surface area contributed by atoms with Gasteiger partial charge in [-0.25, -0.2) is 0 Å². The lowest BCUT2D eigenvalue weighted by Gasteiger charge is -2.45. The van der Waals surface area contributed by atoms with Gasteiger partial charge in [0.1, 0.15) is 0 Å². The van der Waals surface area contributed by atoms with Gasteiger partial charge in [-0.15, -0.1) is 0 Å². The molecule has 0 bridgehead atoms. The van der Waals surface area contributed by atoms with Gasteiger partial charge in [0.25, 0.3) is 0 Å². The average Bonchev–Trinajstić information content (AvgIpc) is 2.20. The zero-order valence-corrected chi connectivity index (χ0v) is 12.5. The molecule has 0 aromatic carbocycles. The summed E-state index contributed by atoms with van der Waals surface area (Å²) in [7, 11) is 0. The predicted octanol–water partition coefficient (Wildman–Crippen LogP) is 2.99. The average molecular weight is 240 g/mol. The smallest absolute Gasteiger partial charge is 0.0136 e. The van der Waals surface area contributed by atoms with Gasteiger partial charge in [0.2, 0.25) is 0 Å². The molecule has 0 radical (unpaired) electrons. The molecule has 0 aliphatic heterocycles. The Hall–Kier alpha value is -0.0800. The van der Waals surface area contributed by atoms with Gasteiger partial charge in [0.15, 0.2) is 0 Å². The molecular formula is C15H32N2. The first-order valence-electron chi connectivity index (χ1n) is 7.49. The van der Waals surface area contributed by atoms with Crippen molar-refractivity contribution in [3.8, 4) is 0 Å². The van der Waals surface area contributed by atoms with Crippen molar-refractivity contribution in [2.45, 2.75) is 53.5 Å². The van der Waals surface area contributed by atoms with Crippen molar-refractivity contribution in [1.29, 1.82) is 0 Å². The summed E-state index contributed by atoms with van der Waals surface area (Å²) in [5.41, 5.74) is 0. The Labute approximate surface area is 108 Å². The van der Waals surface area contributed by atoms with Crippen molar-refractivity contribution in [2.24, 2.45) is 17.8 Å². The summed E-state index contributed by atoms with van der Waals surface area (Å²) in [4.78, 5) is 2.69. The summed E-state index contributed by atoms with van der Waals surface area (Å²) < 4.78 is 0. The van der Waals surface area contributed by atoms with Crippen molar-refractivity contribution in [3.05, 3.63) is 0 Å². The molecule has 102 valence electrons. The molecule has 2 unspecified atom stereocenters. The van der Waals surface area contributed by atoms with Crippen LogP contribution in [0.4, 0.5) is 0 Å². The van der Waals surface area contributed by atoms with Crippen molar-refractivity contribution < 1.29 is 0 Å². The SMILES string of the molecule is CCN(CC(C)C)C1CCC1CNCC(C)C. The van der Waals surface area contributed by atoms with E-state index in [0.717, 1.165) is 23.8 Å². The van der Waals surface area contributed by atoms with Crippen LogP contribution in [0.15, 0.2) is 0 Å². The highest BCUT2D eigenvalue weighted by atomic mass is 15.2. The van der Waals surface area contributed by atoms with Gasteiger partial charge in [-0.3, -0.25) is 0 Å². The van der Waals surface area contributed by atoms with Gasteiger partial charge in [0, 0.05) is 12.6 Å². The normalized spacial score (nSPS) is 24.7. The van der Waals surface area contributed by atoms with Gasteiger partial charge in [0.05, 0.1) is 0 Å². The lowest BCUT2D eigenvalue weighted by Crippen LogP contribution is -2.51. The van der Waals surface area contributed by atoms with Crippen LogP contribution in [0.25, 0.3) is 0 Å². The molecule has 1 aliphatic carbocycles. The summed E-state index contributed by atoms with van der Waals surface area (Å²) in [6.45, 7) is 16.4. The summed E-state index contributed by atoms with van der Waals surface area (Å²) in [5, 5.41) is 3.62. The van der Waals surface area contributed by atoms with Gasteiger partial charge in [-0.05, 0) is 50.2 Å². The number of nitrogens with zero attached hydrogens (tertiary/aromatic N) is 1. The Kier molecular flexibility index (Phi) is 6.50. The van der Waals surface area contributed by atoms with Crippen LogP contribution >= 0.6 is 0 Å². The van der Waals surface area contributed by atoms with Crippen LogP contribution in [0.5, 0.6) is 0 Å². The minimum Gasteiger partial charge on any atom is -0.316 e. The molecule has 0 heterocycles. The third kappa shape index (κ3) is 4.97. The Morgan fingerprint density at radius 3 is 2.24 bits per heavy atom.